The maximum Gasteiger partial charge on any atom is 0.240 e. The molecular formula is C12H15FN4O2S. The molecule has 2 rings (SSSR count). The molecule has 0 radical (unpaired) electrons. The van der Waals surface area contributed by atoms with Gasteiger partial charge in [0.2, 0.25) is 10.0 Å². The lowest BCUT2D eigenvalue weighted by atomic mass is 10.3. The highest BCUT2D eigenvalue weighted by Crippen LogP contribution is 2.16. The molecule has 0 spiro atoms. The Bertz CT molecular complexity index is 740. The van der Waals surface area contributed by atoms with Crippen molar-refractivity contribution in [1.29, 1.82) is 0 Å². The third kappa shape index (κ3) is 2.81. The summed E-state index contributed by atoms with van der Waals surface area (Å²) in [6.45, 7) is 1.92. The topological polar surface area (TPSA) is 90.0 Å². The Morgan fingerprint density at radius 1 is 1.45 bits per heavy atom. The van der Waals surface area contributed by atoms with Gasteiger partial charge in [0.25, 0.3) is 0 Å². The number of hydrogen-bond donors (Lipinski definition) is 2. The molecule has 1 heterocycles. The Kier molecular flexibility index (Phi) is 3.78. The second-order valence-corrected chi connectivity index (χ2v) is 6.15. The number of aromatic nitrogens is 2. The molecule has 2 aromatic rings. The second kappa shape index (κ2) is 5.22. The summed E-state index contributed by atoms with van der Waals surface area (Å²) in [4.78, 5) is -0.161. The summed E-state index contributed by atoms with van der Waals surface area (Å²) in [6.07, 6.45) is 1.58. The first-order valence-corrected chi connectivity index (χ1v) is 7.32. The molecule has 6 nitrogen and oxygen atoms in total. The molecule has 8 heteroatoms. The van der Waals surface area contributed by atoms with Crippen molar-refractivity contribution >= 4 is 15.7 Å². The first kappa shape index (κ1) is 14.5. The van der Waals surface area contributed by atoms with Crippen molar-refractivity contribution in [2.75, 3.05) is 5.73 Å². The zero-order chi connectivity index (χ0) is 14.9. The number of halogens is 1. The van der Waals surface area contributed by atoms with Crippen LogP contribution in [0.4, 0.5) is 10.1 Å². The van der Waals surface area contributed by atoms with Gasteiger partial charge < -0.3 is 5.73 Å². The molecule has 0 aliphatic carbocycles. The van der Waals surface area contributed by atoms with E-state index in [0.29, 0.717) is 0 Å². The van der Waals surface area contributed by atoms with Gasteiger partial charge in [0.15, 0.2) is 0 Å². The minimum atomic E-state index is -3.79. The number of nitrogen functional groups attached to an aromatic ring is 1. The molecule has 0 bridgehead atoms. The molecule has 0 aliphatic heterocycles. The van der Waals surface area contributed by atoms with E-state index in [9.17, 15) is 12.8 Å². The van der Waals surface area contributed by atoms with Gasteiger partial charge in [-0.15, -0.1) is 0 Å². The monoisotopic (exact) mass is 298 g/mol. The van der Waals surface area contributed by atoms with Gasteiger partial charge in [-0.2, -0.15) is 5.10 Å². The van der Waals surface area contributed by atoms with Crippen LogP contribution in [0.1, 0.15) is 11.3 Å². The Labute approximate surface area is 116 Å². The number of rotatable bonds is 4. The van der Waals surface area contributed by atoms with Crippen molar-refractivity contribution in [3.8, 4) is 0 Å². The molecule has 3 N–H and O–H groups in total. The summed E-state index contributed by atoms with van der Waals surface area (Å²) in [7, 11) is -2.02. The van der Waals surface area contributed by atoms with E-state index >= 15 is 0 Å². The number of sulfonamides is 1. The van der Waals surface area contributed by atoms with Crippen LogP contribution in [0, 0.1) is 12.7 Å². The summed E-state index contributed by atoms with van der Waals surface area (Å²) < 4.78 is 41.4. The van der Waals surface area contributed by atoms with Gasteiger partial charge in [-0.25, -0.2) is 17.5 Å². The average molecular weight is 298 g/mol. The van der Waals surface area contributed by atoms with Crippen LogP contribution in [0.5, 0.6) is 0 Å². The molecule has 0 saturated carbocycles. The zero-order valence-electron chi connectivity index (χ0n) is 11.1. The van der Waals surface area contributed by atoms with Crippen LogP contribution in [-0.2, 0) is 23.6 Å². The van der Waals surface area contributed by atoms with E-state index in [0.717, 1.165) is 17.3 Å². The van der Waals surface area contributed by atoms with Crippen molar-refractivity contribution in [2.45, 2.75) is 18.4 Å². The van der Waals surface area contributed by atoms with Gasteiger partial charge in [0, 0.05) is 24.8 Å². The van der Waals surface area contributed by atoms with E-state index in [1.807, 2.05) is 6.92 Å². The van der Waals surface area contributed by atoms with Crippen molar-refractivity contribution in [3.05, 3.63) is 41.5 Å². The fourth-order valence-corrected chi connectivity index (χ4v) is 2.67. The second-order valence-electron chi connectivity index (χ2n) is 4.39. The first-order chi connectivity index (χ1) is 9.31. The molecule has 0 unspecified atom stereocenters. The van der Waals surface area contributed by atoms with Gasteiger partial charge in [0.05, 0.1) is 16.8 Å². The Morgan fingerprint density at radius 2 is 2.15 bits per heavy atom. The molecule has 0 saturated heterocycles. The fraction of sp³-hybridized carbons (Fsp3) is 0.250. The van der Waals surface area contributed by atoms with Gasteiger partial charge >= 0.3 is 0 Å². The molecule has 0 atom stereocenters. The normalized spacial score (nSPS) is 11.8. The van der Waals surface area contributed by atoms with Gasteiger partial charge in [-0.05, 0) is 25.1 Å². The minimum Gasteiger partial charge on any atom is -0.396 e. The Balaban J connectivity index is 2.19. The number of nitrogens with two attached hydrogens (primary N) is 1. The SMILES string of the molecule is Cc1c(CNS(=O)(=O)c2ccc(N)c(F)c2)cnn1C. The van der Waals surface area contributed by atoms with E-state index < -0.39 is 15.8 Å². The summed E-state index contributed by atoms with van der Waals surface area (Å²) in [5.41, 5.74) is 6.84. The largest absolute Gasteiger partial charge is 0.396 e. The van der Waals surface area contributed by atoms with Crippen molar-refractivity contribution < 1.29 is 12.8 Å². The molecule has 0 amide bonds. The number of nitrogens with one attached hydrogen (secondary N) is 1. The fourth-order valence-electron chi connectivity index (χ4n) is 1.65. The van der Waals surface area contributed by atoms with Crippen LogP contribution in [0.15, 0.2) is 29.3 Å². The molecule has 0 aliphatic rings. The first-order valence-electron chi connectivity index (χ1n) is 5.83. The lowest BCUT2D eigenvalue weighted by Crippen LogP contribution is -2.23. The standard InChI is InChI=1S/C12H15FN4O2S/c1-8-9(6-15-17(8)2)7-16-20(18,19)10-3-4-12(14)11(13)5-10/h3-6,16H,7,14H2,1-2H3. The molecule has 1 aromatic carbocycles. The smallest absolute Gasteiger partial charge is 0.240 e. The number of anilines is 1. The van der Waals surface area contributed by atoms with E-state index in [1.165, 1.54) is 12.1 Å². The molecule has 20 heavy (non-hydrogen) atoms. The minimum absolute atomic E-state index is 0.0907. The number of hydrogen-bond acceptors (Lipinski definition) is 4. The van der Waals surface area contributed by atoms with Gasteiger partial charge in [-0.1, -0.05) is 0 Å². The molecule has 1 aromatic heterocycles. The zero-order valence-corrected chi connectivity index (χ0v) is 11.9. The predicted molar refractivity (Wildman–Crippen MR) is 72.8 cm³/mol. The van der Waals surface area contributed by atoms with Crippen molar-refractivity contribution in [3.63, 3.8) is 0 Å². The summed E-state index contributed by atoms with van der Waals surface area (Å²) in [5, 5.41) is 4.02. The summed E-state index contributed by atoms with van der Waals surface area (Å²) in [6, 6.07) is 3.38. The number of nitrogens with zero attached hydrogens (tertiary/aromatic N) is 2. The number of aryl methyl sites for hydroxylation is 1. The average Bonchev–Trinajstić information content (AvgIpc) is 2.71. The van der Waals surface area contributed by atoms with Crippen LogP contribution < -0.4 is 10.5 Å². The quantitative estimate of drug-likeness (QED) is 0.822. The highest BCUT2D eigenvalue weighted by Gasteiger charge is 2.16. The molecule has 108 valence electrons. The maximum atomic E-state index is 13.3. The van der Waals surface area contributed by atoms with E-state index in [1.54, 1.807) is 17.9 Å². The third-order valence-corrected chi connectivity index (χ3v) is 4.47. The molecule has 0 fully saturated rings. The number of benzene rings is 1. The third-order valence-electron chi connectivity index (χ3n) is 3.07. The van der Waals surface area contributed by atoms with Crippen LogP contribution in [-0.4, -0.2) is 18.2 Å². The Hall–Kier alpha value is -1.93. The predicted octanol–water partition coefficient (Wildman–Crippen LogP) is 0.928. The van der Waals surface area contributed by atoms with Crippen molar-refractivity contribution in [1.82, 2.24) is 14.5 Å². The summed E-state index contributed by atoms with van der Waals surface area (Å²) in [5.74, 6) is -0.759. The van der Waals surface area contributed by atoms with Gasteiger partial charge in [0.1, 0.15) is 5.82 Å². The van der Waals surface area contributed by atoms with Crippen LogP contribution in [0.3, 0.4) is 0 Å². The Morgan fingerprint density at radius 3 is 2.70 bits per heavy atom. The van der Waals surface area contributed by atoms with E-state index in [-0.39, 0.29) is 17.1 Å². The van der Waals surface area contributed by atoms with E-state index in [4.69, 9.17) is 5.73 Å². The highest BCUT2D eigenvalue weighted by molar-refractivity contribution is 7.89. The van der Waals surface area contributed by atoms with Crippen LogP contribution in [0.2, 0.25) is 0 Å². The maximum absolute atomic E-state index is 13.3. The molecular weight excluding hydrogens is 283 g/mol. The lowest BCUT2D eigenvalue weighted by Gasteiger charge is -2.07. The van der Waals surface area contributed by atoms with Crippen LogP contribution >= 0.6 is 0 Å². The lowest BCUT2D eigenvalue weighted by molar-refractivity contribution is 0.577. The van der Waals surface area contributed by atoms with E-state index in [2.05, 4.69) is 9.82 Å². The highest BCUT2D eigenvalue weighted by atomic mass is 32.2. The summed E-state index contributed by atoms with van der Waals surface area (Å²) >= 11 is 0. The van der Waals surface area contributed by atoms with Crippen molar-refractivity contribution in [2.24, 2.45) is 7.05 Å². The van der Waals surface area contributed by atoms with Crippen LogP contribution in [0.25, 0.3) is 0 Å². The van der Waals surface area contributed by atoms with Gasteiger partial charge in [-0.3, -0.25) is 4.68 Å².